The predicted molar refractivity (Wildman–Crippen MR) is 83.5 cm³/mol. The maximum Gasteiger partial charge on any atom is 0.246 e. The summed E-state index contributed by atoms with van der Waals surface area (Å²) in [5.41, 5.74) is 1.71. The molecule has 2 aromatic carbocycles. The van der Waals surface area contributed by atoms with Crippen LogP contribution in [0.1, 0.15) is 0 Å². The first-order chi connectivity index (χ1) is 10.2. The van der Waals surface area contributed by atoms with Gasteiger partial charge in [-0.15, -0.1) is 0 Å². The van der Waals surface area contributed by atoms with Gasteiger partial charge >= 0.3 is 0 Å². The van der Waals surface area contributed by atoms with Gasteiger partial charge in [0.05, 0.1) is 5.52 Å². The number of hydrogen-bond donors (Lipinski definition) is 1. The number of nitrogens with zero attached hydrogens (tertiary/aromatic N) is 2. The van der Waals surface area contributed by atoms with Crippen molar-refractivity contribution in [2.24, 2.45) is 0 Å². The number of para-hydroxylation sites is 1. The van der Waals surface area contributed by atoms with Gasteiger partial charge in [0.1, 0.15) is 12.3 Å². The molecular formula is C17H16N2O2. The van der Waals surface area contributed by atoms with Crippen molar-refractivity contribution in [2.75, 3.05) is 11.9 Å². The van der Waals surface area contributed by atoms with Crippen LogP contribution in [0.25, 0.3) is 10.9 Å². The molecule has 0 aliphatic carbocycles. The average molecular weight is 280 g/mol. The van der Waals surface area contributed by atoms with Gasteiger partial charge in [0.25, 0.3) is 0 Å². The SMILES string of the molecule is CN(C(=O)Cn1ccc2c(O)cccc21)c1ccccc1. The Bertz CT molecular complexity index is 778. The molecule has 0 atom stereocenters. The number of aromatic nitrogens is 1. The molecule has 0 fully saturated rings. The molecule has 0 aliphatic heterocycles. The summed E-state index contributed by atoms with van der Waals surface area (Å²) in [7, 11) is 1.76. The standard InChI is InChI=1S/C17H16N2O2/c1-18(13-6-3-2-4-7-13)17(21)12-19-11-10-14-15(19)8-5-9-16(14)20/h2-11,20H,12H2,1H3. The summed E-state index contributed by atoms with van der Waals surface area (Å²) in [6.07, 6.45) is 1.82. The fraction of sp³-hybridized carbons (Fsp3) is 0.118. The van der Waals surface area contributed by atoms with Gasteiger partial charge in [-0.05, 0) is 30.3 Å². The molecule has 0 unspecified atom stereocenters. The summed E-state index contributed by atoms with van der Waals surface area (Å²) in [5, 5.41) is 10.6. The second-order valence-corrected chi connectivity index (χ2v) is 4.94. The van der Waals surface area contributed by atoms with Crippen molar-refractivity contribution in [1.29, 1.82) is 0 Å². The number of amides is 1. The number of phenols is 1. The second kappa shape index (κ2) is 5.32. The molecule has 1 aromatic heterocycles. The highest BCUT2D eigenvalue weighted by molar-refractivity contribution is 5.94. The maximum absolute atomic E-state index is 12.4. The molecule has 4 heteroatoms. The smallest absolute Gasteiger partial charge is 0.246 e. The Labute approximate surface area is 122 Å². The molecule has 3 rings (SSSR count). The summed E-state index contributed by atoms with van der Waals surface area (Å²) < 4.78 is 1.84. The van der Waals surface area contributed by atoms with Gasteiger partial charge in [0.2, 0.25) is 5.91 Å². The van der Waals surface area contributed by atoms with E-state index in [0.717, 1.165) is 16.6 Å². The van der Waals surface area contributed by atoms with Crippen LogP contribution in [0, 0.1) is 0 Å². The molecule has 0 spiro atoms. The van der Waals surface area contributed by atoms with Crippen LogP contribution < -0.4 is 4.90 Å². The van der Waals surface area contributed by atoms with Crippen molar-refractivity contribution in [2.45, 2.75) is 6.54 Å². The van der Waals surface area contributed by atoms with Crippen LogP contribution in [0.2, 0.25) is 0 Å². The van der Waals surface area contributed by atoms with E-state index in [1.807, 2.05) is 53.2 Å². The molecule has 0 aliphatic rings. The van der Waals surface area contributed by atoms with E-state index in [2.05, 4.69) is 0 Å². The quantitative estimate of drug-likeness (QED) is 0.801. The molecule has 0 saturated carbocycles. The molecule has 3 aromatic rings. The Hall–Kier alpha value is -2.75. The van der Waals surface area contributed by atoms with E-state index < -0.39 is 0 Å². The van der Waals surface area contributed by atoms with Gasteiger partial charge in [-0.1, -0.05) is 24.3 Å². The third kappa shape index (κ3) is 2.48. The number of benzene rings is 2. The third-order valence-electron chi connectivity index (χ3n) is 3.61. The van der Waals surface area contributed by atoms with E-state index in [4.69, 9.17) is 0 Å². The van der Waals surface area contributed by atoms with Crippen molar-refractivity contribution >= 4 is 22.5 Å². The minimum absolute atomic E-state index is 0.0120. The first kappa shape index (κ1) is 13.2. The average Bonchev–Trinajstić information content (AvgIpc) is 2.92. The Morgan fingerprint density at radius 3 is 2.62 bits per heavy atom. The Morgan fingerprint density at radius 2 is 1.86 bits per heavy atom. The zero-order chi connectivity index (χ0) is 14.8. The van der Waals surface area contributed by atoms with Crippen molar-refractivity contribution in [1.82, 2.24) is 4.57 Å². The van der Waals surface area contributed by atoms with E-state index in [1.54, 1.807) is 24.1 Å². The lowest BCUT2D eigenvalue weighted by molar-refractivity contribution is -0.118. The van der Waals surface area contributed by atoms with E-state index in [9.17, 15) is 9.90 Å². The monoisotopic (exact) mass is 280 g/mol. The summed E-state index contributed by atoms with van der Waals surface area (Å²) in [6, 6.07) is 16.7. The van der Waals surface area contributed by atoms with E-state index in [1.165, 1.54) is 0 Å². The predicted octanol–water partition coefficient (Wildman–Crippen LogP) is 3.01. The molecule has 4 nitrogen and oxygen atoms in total. The first-order valence-corrected chi connectivity index (χ1v) is 6.75. The fourth-order valence-corrected chi connectivity index (χ4v) is 2.39. The van der Waals surface area contributed by atoms with E-state index in [0.29, 0.717) is 0 Å². The highest BCUT2D eigenvalue weighted by atomic mass is 16.3. The van der Waals surface area contributed by atoms with Crippen LogP contribution in [0.4, 0.5) is 5.69 Å². The second-order valence-electron chi connectivity index (χ2n) is 4.94. The number of likely N-dealkylation sites (N-methyl/N-ethyl adjacent to an activating group) is 1. The molecule has 0 bridgehead atoms. The minimum atomic E-state index is -0.0120. The number of rotatable bonds is 3. The van der Waals surface area contributed by atoms with Crippen molar-refractivity contribution < 1.29 is 9.90 Å². The lowest BCUT2D eigenvalue weighted by atomic mass is 10.2. The lowest BCUT2D eigenvalue weighted by Crippen LogP contribution is -2.29. The van der Waals surface area contributed by atoms with Gasteiger partial charge in [-0.25, -0.2) is 0 Å². The topological polar surface area (TPSA) is 45.5 Å². The number of phenolic OH excluding ortho intramolecular Hbond substituents is 1. The molecule has 21 heavy (non-hydrogen) atoms. The minimum Gasteiger partial charge on any atom is -0.507 e. The lowest BCUT2D eigenvalue weighted by Gasteiger charge is -2.18. The Balaban J connectivity index is 1.85. The number of hydrogen-bond acceptors (Lipinski definition) is 2. The zero-order valence-corrected chi connectivity index (χ0v) is 11.7. The van der Waals surface area contributed by atoms with E-state index in [-0.39, 0.29) is 18.2 Å². The molecule has 0 radical (unpaired) electrons. The van der Waals surface area contributed by atoms with Crippen LogP contribution in [0.5, 0.6) is 5.75 Å². The number of fused-ring (bicyclic) bond motifs is 1. The summed E-state index contributed by atoms with van der Waals surface area (Å²) in [6.45, 7) is 0.234. The molecule has 1 N–H and O–H groups in total. The van der Waals surface area contributed by atoms with Crippen LogP contribution >= 0.6 is 0 Å². The summed E-state index contributed by atoms with van der Waals surface area (Å²) in [5.74, 6) is 0.220. The molecule has 1 amide bonds. The third-order valence-corrected chi connectivity index (χ3v) is 3.61. The van der Waals surface area contributed by atoms with Gasteiger partial charge in [-0.2, -0.15) is 0 Å². The largest absolute Gasteiger partial charge is 0.507 e. The van der Waals surface area contributed by atoms with Crippen molar-refractivity contribution in [3.63, 3.8) is 0 Å². The molecule has 1 heterocycles. The Kier molecular flexibility index (Phi) is 3.36. The Morgan fingerprint density at radius 1 is 1.10 bits per heavy atom. The molecule has 0 saturated heterocycles. The zero-order valence-electron chi connectivity index (χ0n) is 11.7. The van der Waals surface area contributed by atoms with Gasteiger partial charge in [0.15, 0.2) is 0 Å². The van der Waals surface area contributed by atoms with Crippen LogP contribution in [-0.4, -0.2) is 22.6 Å². The molecular weight excluding hydrogens is 264 g/mol. The number of carbonyl (C=O) groups is 1. The van der Waals surface area contributed by atoms with E-state index >= 15 is 0 Å². The fourth-order valence-electron chi connectivity index (χ4n) is 2.39. The summed E-state index contributed by atoms with van der Waals surface area (Å²) >= 11 is 0. The number of anilines is 1. The van der Waals surface area contributed by atoms with Gasteiger partial charge in [0, 0.05) is 24.3 Å². The highest BCUT2D eigenvalue weighted by Gasteiger charge is 2.13. The first-order valence-electron chi connectivity index (χ1n) is 6.75. The normalized spacial score (nSPS) is 10.7. The van der Waals surface area contributed by atoms with Crippen LogP contribution in [0.15, 0.2) is 60.8 Å². The number of carbonyl (C=O) groups excluding carboxylic acids is 1. The summed E-state index contributed by atoms with van der Waals surface area (Å²) in [4.78, 5) is 14.0. The van der Waals surface area contributed by atoms with Crippen molar-refractivity contribution in [3.8, 4) is 5.75 Å². The maximum atomic E-state index is 12.4. The van der Waals surface area contributed by atoms with Crippen LogP contribution in [0.3, 0.4) is 0 Å². The van der Waals surface area contributed by atoms with Crippen LogP contribution in [-0.2, 0) is 11.3 Å². The van der Waals surface area contributed by atoms with Crippen molar-refractivity contribution in [3.05, 3.63) is 60.8 Å². The highest BCUT2D eigenvalue weighted by Crippen LogP contribution is 2.25. The van der Waals surface area contributed by atoms with Gasteiger partial charge < -0.3 is 14.6 Å². The molecule has 106 valence electrons. The number of aromatic hydroxyl groups is 1. The van der Waals surface area contributed by atoms with Gasteiger partial charge in [-0.3, -0.25) is 4.79 Å².